The highest BCUT2D eigenvalue weighted by Crippen LogP contribution is 2.30. The van der Waals surface area contributed by atoms with Crippen molar-refractivity contribution in [2.75, 3.05) is 6.61 Å². The molecule has 1 fully saturated rings. The monoisotopic (exact) mass is 388 g/mol. The Morgan fingerprint density at radius 1 is 0.929 bits per heavy atom. The first-order valence-electron chi connectivity index (χ1n) is 8.97. The summed E-state index contributed by atoms with van der Waals surface area (Å²) in [6, 6.07) is 11.2. The number of phenols is 2. The molecule has 2 aromatic rings. The molecule has 1 heterocycles. The summed E-state index contributed by atoms with van der Waals surface area (Å²) < 4.78 is 11.2. The van der Waals surface area contributed by atoms with Crippen LogP contribution in [0.15, 0.2) is 42.5 Å². The molecule has 0 radical (unpaired) electrons. The average molecular weight is 388 g/mol. The van der Waals surface area contributed by atoms with E-state index in [1.165, 1.54) is 12.1 Å². The van der Waals surface area contributed by atoms with Crippen LogP contribution >= 0.6 is 0 Å². The maximum atomic E-state index is 10.2. The lowest BCUT2D eigenvalue weighted by atomic mass is 9.91. The molecule has 28 heavy (non-hydrogen) atoms. The Balaban J connectivity index is 1.76. The van der Waals surface area contributed by atoms with Crippen LogP contribution in [0, 0.1) is 5.92 Å². The maximum absolute atomic E-state index is 10.2. The molecule has 1 saturated heterocycles. The van der Waals surface area contributed by atoms with Crippen LogP contribution in [0.4, 0.5) is 0 Å². The quantitative estimate of drug-likeness (QED) is 0.495. The number of rotatable bonds is 5. The number of ether oxygens (including phenoxy) is 2. The summed E-state index contributed by atoms with van der Waals surface area (Å²) in [5.41, 5.74) is 1.50. The lowest BCUT2D eigenvalue weighted by Crippen LogP contribution is -2.56. The number of hydrogen-bond acceptors (Lipinski definition) is 7. The SMILES string of the molecule is CC1C(CO)OC(Oc2cc(O)cc(/C=C/c3ccc(O)cc3)c2)C(O)C1O. The Bertz CT molecular complexity index is 816. The fourth-order valence-electron chi connectivity index (χ4n) is 3.06. The zero-order valence-electron chi connectivity index (χ0n) is 15.3. The van der Waals surface area contributed by atoms with E-state index in [-0.39, 0.29) is 23.9 Å². The van der Waals surface area contributed by atoms with Crippen molar-refractivity contribution in [3.05, 3.63) is 53.6 Å². The number of aromatic hydroxyl groups is 2. The fraction of sp³-hybridized carbons (Fsp3) is 0.333. The van der Waals surface area contributed by atoms with Gasteiger partial charge in [0.1, 0.15) is 23.4 Å². The van der Waals surface area contributed by atoms with E-state index in [2.05, 4.69) is 0 Å². The van der Waals surface area contributed by atoms with E-state index in [4.69, 9.17) is 9.47 Å². The van der Waals surface area contributed by atoms with Gasteiger partial charge in [0.2, 0.25) is 6.29 Å². The largest absolute Gasteiger partial charge is 0.508 e. The summed E-state index contributed by atoms with van der Waals surface area (Å²) in [5.74, 6) is -0.0737. The second kappa shape index (κ2) is 8.62. The number of benzene rings is 2. The Kier molecular flexibility index (Phi) is 6.21. The van der Waals surface area contributed by atoms with Crippen molar-refractivity contribution in [2.24, 2.45) is 5.92 Å². The van der Waals surface area contributed by atoms with Gasteiger partial charge in [-0.25, -0.2) is 0 Å². The van der Waals surface area contributed by atoms with Crippen LogP contribution in [0.3, 0.4) is 0 Å². The van der Waals surface area contributed by atoms with Gasteiger partial charge in [0.05, 0.1) is 18.8 Å². The molecule has 5 N–H and O–H groups in total. The Morgan fingerprint density at radius 3 is 2.29 bits per heavy atom. The van der Waals surface area contributed by atoms with Gasteiger partial charge in [-0.15, -0.1) is 0 Å². The maximum Gasteiger partial charge on any atom is 0.229 e. The summed E-state index contributed by atoms with van der Waals surface area (Å²) in [4.78, 5) is 0. The van der Waals surface area contributed by atoms with E-state index in [0.717, 1.165) is 5.56 Å². The molecule has 3 rings (SSSR count). The first-order chi connectivity index (χ1) is 13.4. The van der Waals surface area contributed by atoms with Crippen molar-refractivity contribution in [1.82, 2.24) is 0 Å². The molecule has 0 amide bonds. The molecule has 1 aliphatic rings. The van der Waals surface area contributed by atoms with Crippen molar-refractivity contribution in [1.29, 1.82) is 0 Å². The minimum absolute atomic E-state index is 0.0409. The fourth-order valence-corrected chi connectivity index (χ4v) is 3.06. The summed E-state index contributed by atoms with van der Waals surface area (Å²) in [6.45, 7) is 1.36. The van der Waals surface area contributed by atoms with Crippen LogP contribution in [-0.4, -0.2) is 56.7 Å². The van der Waals surface area contributed by atoms with Crippen molar-refractivity contribution in [2.45, 2.75) is 31.5 Å². The van der Waals surface area contributed by atoms with Gasteiger partial charge in [-0.1, -0.05) is 31.2 Å². The van der Waals surface area contributed by atoms with E-state index in [0.29, 0.717) is 5.56 Å². The molecular weight excluding hydrogens is 364 g/mol. The molecule has 0 aliphatic carbocycles. The molecule has 150 valence electrons. The topological polar surface area (TPSA) is 120 Å². The second-order valence-corrected chi connectivity index (χ2v) is 6.87. The summed E-state index contributed by atoms with van der Waals surface area (Å²) in [5, 5.41) is 49.0. The molecular formula is C21H24O7. The molecule has 5 atom stereocenters. The Labute approximate surface area is 162 Å². The normalized spacial score (nSPS) is 27.8. The number of hydrogen-bond donors (Lipinski definition) is 5. The number of aliphatic hydroxyl groups is 3. The summed E-state index contributed by atoms with van der Waals surface area (Å²) in [7, 11) is 0. The first kappa shape index (κ1) is 20.2. The highest BCUT2D eigenvalue weighted by atomic mass is 16.7. The van der Waals surface area contributed by atoms with E-state index in [1.54, 1.807) is 49.4 Å². The summed E-state index contributed by atoms with van der Waals surface area (Å²) in [6.07, 6.45) is -0.700. The number of aliphatic hydroxyl groups excluding tert-OH is 3. The standard InChI is InChI=1S/C21H24O7/c1-12-18(11-22)28-21(20(26)19(12)25)27-17-9-14(8-16(24)10-17)3-2-13-4-6-15(23)7-5-13/h2-10,12,18-26H,11H2,1H3/b3-2+. The van der Waals surface area contributed by atoms with Crippen molar-refractivity contribution < 1.29 is 35.0 Å². The second-order valence-electron chi connectivity index (χ2n) is 6.87. The minimum Gasteiger partial charge on any atom is -0.508 e. The molecule has 7 heteroatoms. The van der Waals surface area contributed by atoms with E-state index < -0.39 is 30.5 Å². The van der Waals surface area contributed by atoms with E-state index in [9.17, 15) is 25.5 Å². The smallest absolute Gasteiger partial charge is 0.229 e. The highest BCUT2D eigenvalue weighted by Gasteiger charge is 2.43. The van der Waals surface area contributed by atoms with Crippen LogP contribution in [0.25, 0.3) is 12.2 Å². The van der Waals surface area contributed by atoms with Gasteiger partial charge in [0.25, 0.3) is 0 Å². The van der Waals surface area contributed by atoms with E-state index >= 15 is 0 Å². The molecule has 2 aromatic carbocycles. The zero-order valence-corrected chi connectivity index (χ0v) is 15.3. The van der Waals surface area contributed by atoms with Gasteiger partial charge in [0, 0.05) is 12.0 Å². The van der Waals surface area contributed by atoms with Crippen LogP contribution in [-0.2, 0) is 4.74 Å². The van der Waals surface area contributed by atoms with Crippen LogP contribution in [0.2, 0.25) is 0 Å². The van der Waals surface area contributed by atoms with Crippen LogP contribution in [0.1, 0.15) is 18.1 Å². The lowest BCUT2D eigenvalue weighted by molar-refractivity contribution is -0.261. The van der Waals surface area contributed by atoms with Gasteiger partial charge in [-0.05, 0) is 35.4 Å². The molecule has 0 spiro atoms. The minimum atomic E-state index is -1.30. The van der Waals surface area contributed by atoms with Crippen molar-refractivity contribution >= 4 is 12.2 Å². The molecule has 5 unspecified atom stereocenters. The molecule has 0 aromatic heterocycles. The summed E-state index contributed by atoms with van der Waals surface area (Å²) >= 11 is 0. The number of phenolic OH excluding ortho intramolecular Hbond substituents is 2. The van der Waals surface area contributed by atoms with Gasteiger partial charge < -0.3 is 35.0 Å². The highest BCUT2D eigenvalue weighted by molar-refractivity contribution is 5.71. The van der Waals surface area contributed by atoms with Gasteiger partial charge in [-0.2, -0.15) is 0 Å². The van der Waals surface area contributed by atoms with Crippen LogP contribution in [0.5, 0.6) is 17.2 Å². The van der Waals surface area contributed by atoms with Gasteiger partial charge in [0.15, 0.2) is 0 Å². The Morgan fingerprint density at radius 2 is 1.61 bits per heavy atom. The van der Waals surface area contributed by atoms with Crippen molar-refractivity contribution in [3.8, 4) is 17.2 Å². The predicted molar refractivity (Wildman–Crippen MR) is 103 cm³/mol. The first-order valence-corrected chi connectivity index (χ1v) is 8.97. The third kappa shape index (κ3) is 4.63. The third-order valence-electron chi connectivity index (χ3n) is 4.77. The predicted octanol–water partition coefficient (Wildman–Crippen LogP) is 1.72. The average Bonchev–Trinajstić information content (AvgIpc) is 2.67. The van der Waals surface area contributed by atoms with E-state index in [1.807, 2.05) is 0 Å². The molecule has 1 aliphatic heterocycles. The van der Waals surface area contributed by atoms with Crippen molar-refractivity contribution in [3.63, 3.8) is 0 Å². The van der Waals surface area contributed by atoms with Crippen LogP contribution < -0.4 is 4.74 Å². The van der Waals surface area contributed by atoms with Gasteiger partial charge in [-0.3, -0.25) is 0 Å². The molecule has 7 nitrogen and oxygen atoms in total. The third-order valence-corrected chi connectivity index (χ3v) is 4.77. The molecule has 0 saturated carbocycles. The van der Waals surface area contributed by atoms with Gasteiger partial charge >= 0.3 is 0 Å². The molecule has 0 bridgehead atoms. The Hall–Kier alpha value is -2.58. The zero-order chi connectivity index (χ0) is 20.3. The lowest BCUT2D eigenvalue weighted by Gasteiger charge is -2.40.